The van der Waals surface area contributed by atoms with E-state index >= 15 is 0 Å². The van der Waals surface area contributed by atoms with Gasteiger partial charge in [0, 0.05) is 32.6 Å². The molecule has 0 saturated carbocycles. The van der Waals surface area contributed by atoms with E-state index in [0.717, 1.165) is 51.0 Å². The van der Waals surface area contributed by atoms with Crippen LogP contribution in [0.3, 0.4) is 0 Å². The Morgan fingerprint density at radius 2 is 1.42 bits per heavy atom. The molecule has 0 amide bonds. The lowest BCUT2D eigenvalue weighted by molar-refractivity contribution is 0.216. The van der Waals surface area contributed by atoms with Crippen molar-refractivity contribution in [2.45, 2.75) is 82.9 Å². The van der Waals surface area contributed by atoms with Gasteiger partial charge in [-0.15, -0.1) is 17.0 Å². The highest BCUT2D eigenvalue weighted by atomic mass is 79.9. The quantitative estimate of drug-likeness (QED) is 0.309. The van der Waals surface area contributed by atoms with Crippen molar-refractivity contribution in [3.8, 4) is 0 Å². The summed E-state index contributed by atoms with van der Waals surface area (Å²) in [7, 11) is -3.23. The van der Waals surface area contributed by atoms with E-state index in [0.29, 0.717) is 6.42 Å². The van der Waals surface area contributed by atoms with Crippen LogP contribution in [0.15, 0.2) is 24.3 Å². The fourth-order valence-electron chi connectivity index (χ4n) is 4.20. The zero-order valence-electron chi connectivity index (χ0n) is 19.2. The minimum atomic E-state index is -3.23. The molecule has 1 N–H and O–H groups in total. The summed E-state index contributed by atoms with van der Waals surface area (Å²) in [5.74, 6) is -0.0371. The maximum atomic E-state index is 13.2. The molecule has 1 saturated heterocycles. The second-order valence-corrected chi connectivity index (χ2v) is 10.9. The fourth-order valence-corrected chi connectivity index (χ4v) is 6.19. The molecule has 1 aromatic carbocycles. The zero-order valence-corrected chi connectivity index (χ0v) is 21.7. The summed E-state index contributed by atoms with van der Waals surface area (Å²) in [6, 6.07) is 6.25. The predicted molar refractivity (Wildman–Crippen MR) is 134 cm³/mol. The molecular formula is C24H42BrFN2O2S. The van der Waals surface area contributed by atoms with E-state index in [1.54, 1.807) is 12.1 Å². The van der Waals surface area contributed by atoms with Crippen molar-refractivity contribution in [3.05, 3.63) is 35.6 Å². The van der Waals surface area contributed by atoms with E-state index in [2.05, 4.69) is 17.1 Å². The van der Waals surface area contributed by atoms with Gasteiger partial charge in [-0.25, -0.2) is 12.8 Å². The Bertz CT molecular complexity index is 679. The molecule has 7 heteroatoms. The van der Waals surface area contributed by atoms with Gasteiger partial charge in [-0.3, -0.25) is 4.90 Å². The molecule has 0 bridgehead atoms. The standard InChI is InChI=1S/C24H41FN2O2S.BrH/c1-2-3-4-5-6-7-8-9-10-11-20-30(28,29)24(27-18-16-26-17-19-27)21-22-12-14-23(25)15-13-22;/h12-15,24,26H,2-11,16-21H2,1H3;1H. The highest BCUT2D eigenvalue weighted by Gasteiger charge is 2.32. The second kappa shape index (κ2) is 16.2. The van der Waals surface area contributed by atoms with Gasteiger partial charge >= 0.3 is 0 Å². The number of halogens is 2. The Morgan fingerprint density at radius 1 is 0.903 bits per heavy atom. The number of piperazine rings is 1. The number of hydrogen-bond donors (Lipinski definition) is 1. The van der Waals surface area contributed by atoms with Crippen LogP contribution in [0.4, 0.5) is 4.39 Å². The molecule has 1 aliphatic rings. The molecule has 180 valence electrons. The first-order valence-electron chi connectivity index (χ1n) is 11.9. The van der Waals surface area contributed by atoms with Crippen LogP contribution in [0, 0.1) is 5.82 Å². The van der Waals surface area contributed by atoms with E-state index in [-0.39, 0.29) is 28.6 Å². The first-order chi connectivity index (χ1) is 14.5. The SMILES string of the molecule is Br.CCCCCCCCCCCCS(=O)(=O)C(Cc1ccc(F)cc1)N1CCNCC1. The average Bonchev–Trinajstić information content (AvgIpc) is 2.75. The van der Waals surface area contributed by atoms with Crippen molar-refractivity contribution in [2.75, 3.05) is 31.9 Å². The zero-order chi connectivity index (χ0) is 21.7. The van der Waals surface area contributed by atoms with Crippen molar-refractivity contribution in [1.82, 2.24) is 10.2 Å². The second-order valence-electron chi connectivity index (χ2n) is 8.62. The van der Waals surface area contributed by atoms with Crippen LogP contribution in [0.2, 0.25) is 0 Å². The van der Waals surface area contributed by atoms with Gasteiger partial charge in [-0.2, -0.15) is 0 Å². The first kappa shape index (κ1) is 28.5. The smallest absolute Gasteiger partial charge is 0.166 e. The molecular weight excluding hydrogens is 479 g/mol. The largest absolute Gasteiger partial charge is 0.314 e. The summed E-state index contributed by atoms with van der Waals surface area (Å²) in [6.07, 6.45) is 12.4. The molecule has 1 atom stereocenters. The number of nitrogens with zero attached hydrogens (tertiary/aromatic N) is 1. The Morgan fingerprint density at radius 3 is 1.97 bits per heavy atom. The van der Waals surface area contributed by atoms with E-state index < -0.39 is 15.2 Å². The summed E-state index contributed by atoms with van der Waals surface area (Å²) >= 11 is 0. The van der Waals surface area contributed by atoms with Gasteiger partial charge in [0.15, 0.2) is 9.84 Å². The van der Waals surface area contributed by atoms with Crippen molar-refractivity contribution in [3.63, 3.8) is 0 Å². The maximum Gasteiger partial charge on any atom is 0.166 e. The molecule has 31 heavy (non-hydrogen) atoms. The summed E-state index contributed by atoms with van der Waals surface area (Å²) in [6.45, 7) is 5.34. The highest BCUT2D eigenvalue weighted by molar-refractivity contribution is 8.93. The number of hydrogen-bond acceptors (Lipinski definition) is 4. The Kier molecular flexibility index (Phi) is 14.9. The van der Waals surface area contributed by atoms with Crippen molar-refractivity contribution in [2.24, 2.45) is 0 Å². The number of rotatable bonds is 15. The van der Waals surface area contributed by atoms with Gasteiger partial charge in [0.25, 0.3) is 0 Å². The number of benzene rings is 1. The summed E-state index contributed by atoms with van der Waals surface area (Å²) in [4.78, 5) is 2.09. The lowest BCUT2D eigenvalue weighted by atomic mass is 10.1. The van der Waals surface area contributed by atoms with Gasteiger partial charge < -0.3 is 5.32 Å². The first-order valence-corrected chi connectivity index (χ1v) is 13.7. The van der Waals surface area contributed by atoms with Crippen LogP contribution in [0.5, 0.6) is 0 Å². The molecule has 0 radical (unpaired) electrons. The Balaban J connectivity index is 0.00000480. The van der Waals surface area contributed by atoms with Gasteiger partial charge in [0.2, 0.25) is 0 Å². The predicted octanol–water partition coefficient (Wildman–Crippen LogP) is 5.51. The molecule has 2 rings (SSSR count). The van der Waals surface area contributed by atoms with Crippen LogP contribution >= 0.6 is 17.0 Å². The Hall–Kier alpha value is -0.500. The van der Waals surface area contributed by atoms with Crippen LogP contribution in [-0.2, 0) is 16.3 Å². The van der Waals surface area contributed by atoms with Crippen LogP contribution in [0.25, 0.3) is 0 Å². The van der Waals surface area contributed by atoms with Crippen molar-refractivity contribution >= 4 is 26.8 Å². The van der Waals surface area contributed by atoms with Gasteiger partial charge in [0.05, 0.1) is 5.75 Å². The third-order valence-electron chi connectivity index (χ3n) is 6.08. The third-order valence-corrected chi connectivity index (χ3v) is 8.23. The molecule has 4 nitrogen and oxygen atoms in total. The average molecular weight is 522 g/mol. The molecule has 0 spiro atoms. The molecule has 1 aromatic rings. The van der Waals surface area contributed by atoms with E-state index in [4.69, 9.17) is 0 Å². The minimum absolute atomic E-state index is 0. The lowest BCUT2D eigenvalue weighted by Gasteiger charge is -2.34. The number of nitrogens with one attached hydrogen (secondary N) is 1. The van der Waals surface area contributed by atoms with Crippen molar-refractivity contribution in [1.29, 1.82) is 0 Å². The molecule has 1 heterocycles. The highest BCUT2D eigenvalue weighted by Crippen LogP contribution is 2.19. The Labute approximate surface area is 200 Å². The monoisotopic (exact) mass is 520 g/mol. The molecule has 1 fully saturated rings. The molecule has 0 aliphatic carbocycles. The number of unbranched alkanes of at least 4 members (excludes halogenated alkanes) is 9. The van der Waals surface area contributed by atoms with Crippen LogP contribution < -0.4 is 5.32 Å². The molecule has 1 unspecified atom stereocenters. The van der Waals surface area contributed by atoms with Crippen LogP contribution in [0.1, 0.15) is 76.7 Å². The molecule has 1 aliphatic heterocycles. The van der Waals surface area contributed by atoms with Gasteiger partial charge in [0.1, 0.15) is 11.2 Å². The van der Waals surface area contributed by atoms with E-state index in [1.165, 1.54) is 57.1 Å². The summed E-state index contributed by atoms with van der Waals surface area (Å²) in [5.41, 5.74) is 0.881. The summed E-state index contributed by atoms with van der Waals surface area (Å²) < 4.78 is 39.6. The van der Waals surface area contributed by atoms with E-state index in [1.807, 2.05) is 0 Å². The van der Waals surface area contributed by atoms with Gasteiger partial charge in [-0.1, -0.05) is 76.8 Å². The van der Waals surface area contributed by atoms with E-state index in [9.17, 15) is 12.8 Å². The van der Waals surface area contributed by atoms with Crippen molar-refractivity contribution < 1.29 is 12.8 Å². The van der Waals surface area contributed by atoms with Gasteiger partial charge in [-0.05, 0) is 24.1 Å². The minimum Gasteiger partial charge on any atom is -0.314 e. The fraction of sp³-hybridized carbons (Fsp3) is 0.750. The normalized spacial score (nSPS) is 16.1. The molecule has 0 aromatic heterocycles. The lowest BCUT2D eigenvalue weighted by Crippen LogP contribution is -2.52. The van der Waals surface area contributed by atoms with Crippen LogP contribution in [-0.4, -0.2) is 50.6 Å². The number of sulfone groups is 1. The maximum absolute atomic E-state index is 13.2. The third kappa shape index (κ3) is 11.3. The topological polar surface area (TPSA) is 49.4 Å². The summed E-state index contributed by atoms with van der Waals surface area (Å²) in [5, 5.41) is 2.78.